The fourth-order valence-electron chi connectivity index (χ4n) is 1.64. The quantitative estimate of drug-likeness (QED) is 0.601. The van der Waals surface area contributed by atoms with Crippen LogP contribution in [0.3, 0.4) is 0 Å². The van der Waals surface area contributed by atoms with Gasteiger partial charge in [-0.15, -0.1) is 0 Å². The fourth-order valence-corrected chi connectivity index (χ4v) is 1.78. The second kappa shape index (κ2) is 3.61. The highest BCUT2D eigenvalue weighted by Gasteiger charge is 2.05. The number of nitrogens with zero attached hydrogens (tertiary/aromatic N) is 3. The van der Waals surface area contributed by atoms with E-state index in [2.05, 4.69) is 10.1 Å². The Kier molecular flexibility index (Phi) is 2.11. The summed E-state index contributed by atoms with van der Waals surface area (Å²) in [4.78, 5) is 4.28. The van der Waals surface area contributed by atoms with Crippen molar-refractivity contribution in [2.75, 3.05) is 0 Å². The van der Waals surface area contributed by atoms with Crippen LogP contribution in [0.4, 0.5) is 0 Å². The summed E-state index contributed by atoms with van der Waals surface area (Å²) in [6, 6.07) is 13.5. The number of halogens is 1. The summed E-state index contributed by atoms with van der Waals surface area (Å²) >= 11 is 5.88. The monoisotopic (exact) mass is 229 g/mol. The summed E-state index contributed by atoms with van der Waals surface area (Å²) in [6.07, 6.45) is 1.78. The zero-order valence-electron chi connectivity index (χ0n) is 8.34. The predicted molar refractivity (Wildman–Crippen MR) is 63.9 cm³/mol. The molecule has 3 aromatic rings. The SMILES string of the molecule is Clc1ccc2cnn(-c3ccccc3)c2n1. The molecule has 3 rings (SSSR count). The Balaban J connectivity index is 2.29. The average molecular weight is 230 g/mol. The summed E-state index contributed by atoms with van der Waals surface area (Å²) in [5.74, 6) is 0. The van der Waals surface area contributed by atoms with Crippen LogP contribution in [0.5, 0.6) is 0 Å². The summed E-state index contributed by atoms with van der Waals surface area (Å²) in [7, 11) is 0. The molecular formula is C12H8ClN3. The molecule has 0 aliphatic carbocycles. The summed E-state index contributed by atoms with van der Waals surface area (Å²) in [6.45, 7) is 0. The molecule has 0 amide bonds. The second-order valence-electron chi connectivity index (χ2n) is 3.44. The van der Waals surface area contributed by atoms with Gasteiger partial charge in [-0.2, -0.15) is 5.10 Å². The van der Waals surface area contributed by atoms with E-state index in [9.17, 15) is 0 Å². The molecule has 0 saturated heterocycles. The molecule has 0 radical (unpaired) electrons. The third-order valence-electron chi connectivity index (χ3n) is 2.39. The number of pyridine rings is 1. The van der Waals surface area contributed by atoms with E-state index in [1.54, 1.807) is 16.9 Å². The van der Waals surface area contributed by atoms with E-state index in [0.717, 1.165) is 16.7 Å². The van der Waals surface area contributed by atoms with Gasteiger partial charge < -0.3 is 0 Å². The number of para-hydroxylation sites is 1. The van der Waals surface area contributed by atoms with Crippen molar-refractivity contribution in [3.05, 3.63) is 53.8 Å². The minimum absolute atomic E-state index is 0.477. The third-order valence-corrected chi connectivity index (χ3v) is 2.60. The van der Waals surface area contributed by atoms with Gasteiger partial charge in [-0.1, -0.05) is 29.8 Å². The highest BCUT2D eigenvalue weighted by Crippen LogP contribution is 2.18. The van der Waals surface area contributed by atoms with Gasteiger partial charge in [0.2, 0.25) is 0 Å². The molecule has 3 nitrogen and oxygen atoms in total. The Labute approximate surface area is 97.3 Å². The zero-order valence-corrected chi connectivity index (χ0v) is 9.09. The van der Waals surface area contributed by atoms with Gasteiger partial charge in [-0.3, -0.25) is 0 Å². The van der Waals surface area contributed by atoms with Crippen LogP contribution in [0.15, 0.2) is 48.7 Å². The molecule has 78 valence electrons. The second-order valence-corrected chi connectivity index (χ2v) is 3.83. The number of fused-ring (bicyclic) bond motifs is 1. The highest BCUT2D eigenvalue weighted by molar-refractivity contribution is 6.29. The maximum Gasteiger partial charge on any atom is 0.164 e. The lowest BCUT2D eigenvalue weighted by molar-refractivity contribution is 0.897. The topological polar surface area (TPSA) is 30.7 Å². The molecule has 0 aliphatic heterocycles. The van der Waals surface area contributed by atoms with Gasteiger partial charge in [0.05, 0.1) is 11.9 Å². The normalized spacial score (nSPS) is 10.8. The summed E-state index contributed by atoms with van der Waals surface area (Å²) < 4.78 is 1.78. The van der Waals surface area contributed by atoms with Crippen LogP contribution in [-0.2, 0) is 0 Å². The average Bonchev–Trinajstić information content (AvgIpc) is 2.73. The van der Waals surface area contributed by atoms with Crippen LogP contribution in [0, 0.1) is 0 Å². The maximum absolute atomic E-state index is 5.88. The molecule has 0 aliphatic rings. The molecule has 0 bridgehead atoms. The van der Waals surface area contributed by atoms with E-state index in [4.69, 9.17) is 11.6 Å². The van der Waals surface area contributed by atoms with E-state index in [1.165, 1.54) is 0 Å². The van der Waals surface area contributed by atoms with E-state index < -0.39 is 0 Å². The lowest BCUT2D eigenvalue weighted by atomic mass is 10.3. The number of hydrogen-bond acceptors (Lipinski definition) is 2. The Bertz CT molecular complexity index is 631. The number of benzene rings is 1. The van der Waals surface area contributed by atoms with Gasteiger partial charge in [0.15, 0.2) is 5.65 Å². The van der Waals surface area contributed by atoms with Crippen molar-refractivity contribution in [1.29, 1.82) is 0 Å². The van der Waals surface area contributed by atoms with Crippen LogP contribution < -0.4 is 0 Å². The number of hydrogen-bond donors (Lipinski definition) is 0. The predicted octanol–water partition coefficient (Wildman–Crippen LogP) is 3.07. The molecule has 0 fully saturated rings. The van der Waals surface area contributed by atoms with Crippen molar-refractivity contribution in [3.63, 3.8) is 0 Å². The minimum Gasteiger partial charge on any atom is -0.216 e. The molecule has 0 spiro atoms. The standard InChI is InChI=1S/C12H8ClN3/c13-11-7-6-9-8-14-16(12(9)15-11)10-4-2-1-3-5-10/h1-8H. The van der Waals surface area contributed by atoms with Crippen LogP contribution >= 0.6 is 11.6 Å². The number of rotatable bonds is 1. The van der Waals surface area contributed by atoms with Crippen LogP contribution in [0.1, 0.15) is 0 Å². The first kappa shape index (κ1) is 9.36. The van der Waals surface area contributed by atoms with Gasteiger partial charge in [-0.05, 0) is 24.3 Å². The molecule has 0 atom stereocenters. The minimum atomic E-state index is 0.477. The first-order valence-electron chi connectivity index (χ1n) is 4.90. The first-order valence-corrected chi connectivity index (χ1v) is 5.28. The maximum atomic E-state index is 5.88. The molecule has 1 aromatic carbocycles. The van der Waals surface area contributed by atoms with Crippen LogP contribution in [0.2, 0.25) is 5.15 Å². The van der Waals surface area contributed by atoms with Gasteiger partial charge in [-0.25, -0.2) is 9.67 Å². The largest absolute Gasteiger partial charge is 0.216 e. The van der Waals surface area contributed by atoms with Gasteiger partial charge in [0.25, 0.3) is 0 Å². The van der Waals surface area contributed by atoms with E-state index >= 15 is 0 Å². The molecule has 2 heterocycles. The Hall–Kier alpha value is -1.87. The van der Waals surface area contributed by atoms with E-state index in [-0.39, 0.29) is 0 Å². The smallest absolute Gasteiger partial charge is 0.164 e. The van der Waals surface area contributed by atoms with Crippen LogP contribution in [-0.4, -0.2) is 14.8 Å². The Morgan fingerprint density at radius 3 is 2.62 bits per heavy atom. The van der Waals surface area contributed by atoms with Gasteiger partial charge >= 0.3 is 0 Å². The molecule has 2 aromatic heterocycles. The lowest BCUT2D eigenvalue weighted by Gasteiger charge is -2.01. The molecule has 4 heteroatoms. The van der Waals surface area contributed by atoms with E-state index in [0.29, 0.717) is 5.15 Å². The zero-order chi connectivity index (χ0) is 11.0. The molecular weight excluding hydrogens is 222 g/mol. The molecule has 0 saturated carbocycles. The van der Waals surface area contributed by atoms with Crippen molar-refractivity contribution < 1.29 is 0 Å². The lowest BCUT2D eigenvalue weighted by Crippen LogP contribution is -1.96. The molecule has 0 unspecified atom stereocenters. The fraction of sp³-hybridized carbons (Fsp3) is 0. The highest BCUT2D eigenvalue weighted by atomic mass is 35.5. The van der Waals surface area contributed by atoms with Crippen molar-refractivity contribution in [1.82, 2.24) is 14.8 Å². The summed E-state index contributed by atoms with van der Waals surface area (Å²) in [5, 5.41) is 5.76. The third kappa shape index (κ3) is 1.46. The Morgan fingerprint density at radius 2 is 1.81 bits per heavy atom. The number of aromatic nitrogens is 3. The summed E-state index contributed by atoms with van der Waals surface area (Å²) in [5.41, 5.74) is 1.76. The van der Waals surface area contributed by atoms with Crippen molar-refractivity contribution in [2.24, 2.45) is 0 Å². The van der Waals surface area contributed by atoms with Gasteiger partial charge in [0, 0.05) is 5.39 Å². The molecule has 16 heavy (non-hydrogen) atoms. The van der Waals surface area contributed by atoms with Gasteiger partial charge in [0.1, 0.15) is 5.15 Å². The molecule has 0 N–H and O–H groups in total. The Morgan fingerprint density at radius 1 is 1.00 bits per heavy atom. The van der Waals surface area contributed by atoms with Crippen molar-refractivity contribution >= 4 is 22.6 Å². The van der Waals surface area contributed by atoms with Crippen LogP contribution in [0.25, 0.3) is 16.7 Å². The van der Waals surface area contributed by atoms with E-state index in [1.807, 2.05) is 36.4 Å². The van der Waals surface area contributed by atoms with Crippen molar-refractivity contribution in [2.45, 2.75) is 0 Å². The first-order chi connectivity index (χ1) is 7.84. The van der Waals surface area contributed by atoms with Crippen molar-refractivity contribution in [3.8, 4) is 5.69 Å².